The second-order valence-electron chi connectivity index (χ2n) is 8.24. The number of piperidine rings is 1. The molecule has 1 fully saturated rings. The smallest absolute Gasteiger partial charge is 0.241 e. The van der Waals surface area contributed by atoms with Crippen LogP contribution in [0.3, 0.4) is 0 Å². The number of allylic oxidation sites excluding steroid dienone is 1. The van der Waals surface area contributed by atoms with Crippen molar-refractivity contribution in [1.29, 1.82) is 0 Å². The van der Waals surface area contributed by atoms with E-state index in [1.807, 2.05) is 24.3 Å². The molecule has 1 atom stereocenters. The largest absolute Gasteiger partial charge is 0.356 e. The third-order valence-electron chi connectivity index (χ3n) is 5.94. The Balaban J connectivity index is 1.26. The molecule has 2 aromatic rings. The number of halogens is 1. The molecular weight excluding hydrogens is 400 g/mol. The molecule has 1 aromatic carbocycles. The van der Waals surface area contributed by atoms with Crippen molar-refractivity contribution in [3.63, 3.8) is 0 Å². The van der Waals surface area contributed by atoms with Gasteiger partial charge in [0, 0.05) is 23.7 Å². The van der Waals surface area contributed by atoms with Crippen LogP contribution in [-0.4, -0.2) is 40.6 Å². The van der Waals surface area contributed by atoms with Crippen molar-refractivity contribution < 1.29 is 9.32 Å². The fraction of sp³-hybridized carbons (Fsp3) is 0.522. The number of amides is 1. The maximum atomic E-state index is 12.6. The minimum absolute atomic E-state index is 0.0257. The second-order valence-corrected chi connectivity index (χ2v) is 8.68. The van der Waals surface area contributed by atoms with E-state index in [0.717, 1.165) is 44.5 Å². The first kappa shape index (κ1) is 21.1. The van der Waals surface area contributed by atoms with E-state index < -0.39 is 0 Å². The van der Waals surface area contributed by atoms with Gasteiger partial charge in [-0.15, -0.1) is 0 Å². The maximum Gasteiger partial charge on any atom is 0.241 e. The number of hydrogen-bond donors (Lipinski definition) is 1. The number of nitrogens with zero attached hydrogens (tertiary/aromatic N) is 3. The number of hydrogen-bond acceptors (Lipinski definition) is 5. The molecule has 1 aliphatic heterocycles. The van der Waals surface area contributed by atoms with Gasteiger partial charge in [0.05, 0.1) is 12.5 Å². The van der Waals surface area contributed by atoms with E-state index in [1.54, 1.807) is 0 Å². The normalized spacial score (nSPS) is 20.0. The molecule has 7 heteroatoms. The molecule has 1 aliphatic carbocycles. The summed E-state index contributed by atoms with van der Waals surface area (Å²) in [4.78, 5) is 19.4. The highest BCUT2D eigenvalue weighted by Crippen LogP contribution is 2.22. The molecule has 2 aliphatic rings. The van der Waals surface area contributed by atoms with Crippen molar-refractivity contribution in [3.8, 4) is 11.4 Å². The van der Waals surface area contributed by atoms with Crippen LogP contribution in [0, 0.1) is 5.92 Å². The number of carbonyl (C=O) groups excluding carboxylic acids is 1. The summed E-state index contributed by atoms with van der Waals surface area (Å²) in [5.74, 6) is 1.33. The molecule has 1 aromatic heterocycles. The third kappa shape index (κ3) is 5.70. The van der Waals surface area contributed by atoms with Crippen molar-refractivity contribution >= 4 is 17.5 Å². The molecule has 1 saturated heterocycles. The van der Waals surface area contributed by atoms with Crippen LogP contribution in [0.1, 0.15) is 50.8 Å². The van der Waals surface area contributed by atoms with Crippen molar-refractivity contribution in [2.45, 2.75) is 51.5 Å². The van der Waals surface area contributed by atoms with Gasteiger partial charge < -0.3 is 9.84 Å². The van der Waals surface area contributed by atoms with Gasteiger partial charge in [0.2, 0.25) is 17.6 Å². The molecule has 160 valence electrons. The van der Waals surface area contributed by atoms with Crippen molar-refractivity contribution in [2.75, 3.05) is 19.6 Å². The van der Waals surface area contributed by atoms with Gasteiger partial charge in [0.1, 0.15) is 0 Å². The van der Waals surface area contributed by atoms with Gasteiger partial charge in [0.15, 0.2) is 0 Å². The molecular formula is C23H29ClN4O2. The quantitative estimate of drug-likeness (QED) is 0.652. The summed E-state index contributed by atoms with van der Waals surface area (Å²) in [6.45, 7) is 2.98. The highest BCUT2D eigenvalue weighted by atomic mass is 35.5. The van der Waals surface area contributed by atoms with Crippen LogP contribution in [0.15, 0.2) is 40.4 Å². The SMILES string of the molecule is O=C(NCCC1=CCCCC1)C1CCCN(Cc2nc(-c3ccc(Cl)cc3)no2)C1. The second kappa shape index (κ2) is 10.2. The summed E-state index contributed by atoms with van der Waals surface area (Å²) in [5, 5.41) is 7.90. The Labute approximate surface area is 182 Å². The number of rotatable bonds is 7. The monoisotopic (exact) mass is 428 g/mol. The topological polar surface area (TPSA) is 71.3 Å². The van der Waals surface area contributed by atoms with E-state index in [4.69, 9.17) is 16.1 Å². The first-order valence-electron chi connectivity index (χ1n) is 10.9. The van der Waals surface area contributed by atoms with E-state index in [1.165, 1.54) is 31.3 Å². The lowest BCUT2D eigenvalue weighted by atomic mass is 9.96. The minimum Gasteiger partial charge on any atom is -0.356 e. The standard InChI is InChI=1S/C23H29ClN4O2/c24-20-10-8-18(9-11-20)22-26-21(30-27-22)16-28-14-4-7-19(15-28)23(29)25-13-12-17-5-2-1-3-6-17/h5,8-11,19H,1-4,6-7,12-16H2,(H,25,29). The van der Waals surface area contributed by atoms with Gasteiger partial charge in [0.25, 0.3) is 0 Å². The first-order chi connectivity index (χ1) is 14.7. The zero-order chi connectivity index (χ0) is 20.8. The van der Waals surface area contributed by atoms with Gasteiger partial charge in [-0.3, -0.25) is 9.69 Å². The van der Waals surface area contributed by atoms with Gasteiger partial charge in [-0.1, -0.05) is 28.4 Å². The van der Waals surface area contributed by atoms with Crippen molar-refractivity contribution in [1.82, 2.24) is 20.4 Å². The highest BCUT2D eigenvalue weighted by Gasteiger charge is 2.26. The zero-order valence-corrected chi connectivity index (χ0v) is 18.0. The van der Waals surface area contributed by atoms with E-state index >= 15 is 0 Å². The van der Waals surface area contributed by atoms with E-state index in [0.29, 0.717) is 23.3 Å². The minimum atomic E-state index is 0.0257. The summed E-state index contributed by atoms with van der Waals surface area (Å²) in [6, 6.07) is 7.38. The van der Waals surface area contributed by atoms with Crippen molar-refractivity contribution in [2.24, 2.45) is 5.92 Å². The summed E-state index contributed by atoms with van der Waals surface area (Å²) in [6.07, 6.45) is 10.2. The average Bonchev–Trinajstić information content (AvgIpc) is 3.23. The average molecular weight is 429 g/mol. The number of nitrogens with one attached hydrogen (secondary N) is 1. The van der Waals surface area contributed by atoms with Gasteiger partial charge in [-0.05, 0) is 75.8 Å². The maximum absolute atomic E-state index is 12.6. The molecule has 0 saturated carbocycles. The zero-order valence-electron chi connectivity index (χ0n) is 17.3. The molecule has 30 heavy (non-hydrogen) atoms. The van der Waals surface area contributed by atoms with Crippen LogP contribution in [0.25, 0.3) is 11.4 Å². The van der Waals surface area contributed by atoms with Crippen molar-refractivity contribution in [3.05, 3.63) is 46.8 Å². The molecule has 1 amide bonds. The molecule has 2 heterocycles. The lowest BCUT2D eigenvalue weighted by Gasteiger charge is -2.30. The van der Waals surface area contributed by atoms with Crippen LogP contribution < -0.4 is 5.32 Å². The van der Waals surface area contributed by atoms with Crippen LogP contribution in [0.4, 0.5) is 0 Å². The van der Waals surface area contributed by atoms with E-state index in [-0.39, 0.29) is 11.8 Å². The van der Waals surface area contributed by atoms with Gasteiger partial charge in [-0.2, -0.15) is 4.98 Å². The lowest BCUT2D eigenvalue weighted by Crippen LogP contribution is -2.43. The molecule has 0 bridgehead atoms. The number of benzene rings is 1. The Bertz CT molecular complexity index is 878. The Morgan fingerprint density at radius 2 is 2.10 bits per heavy atom. The number of likely N-dealkylation sites (tertiary alicyclic amines) is 1. The predicted octanol–water partition coefficient (Wildman–Crippen LogP) is 4.61. The molecule has 6 nitrogen and oxygen atoms in total. The van der Waals surface area contributed by atoms with Crippen LogP contribution >= 0.6 is 11.6 Å². The Morgan fingerprint density at radius 3 is 2.90 bits per heavy atom. The fourth-order valence-corrected chi connectivity index (χ4v) is 4.39. The highest BCUT2D eigenvalue weighted by molar-refractivity contribution is 6.30. The Hall–Kier alpha value is -2.18. The van der Waals surface area contributed by atoms with Crippen LogP contribution in [0.5, 0.6) is 0 Å². The lowest BCUT2D eigenvalue weighted by molar-refractivity contribution is -0.126. The summed E-state index contributed by atoms with van der Waals surface area (Å²) >= 11 is 5.94. The molecule has 4 rings (SSSR count). The Morgan fingerprint density at radius 1 is 1.23 bits per heavy atom. The summed E-state index contributed by atoms with van der Waals surface area (Å²) in [5.41, 5.74) is 2.37. The van der Waals surface area contributed by atoms with Crippen LogP contribution in [-0.2, 0) is 11.3 Å². The predicted molar refractivity (Wildman–Crippen MR) is 117 cm³/mol. The van der Waals surface area contributed by atoms with Crippen LogP contribution in [0.2, 0.25) is 5.02 Å². The molecule has 1 N–H and O–H groups in total. The molecule has 0 radical (unpaired) electrons. The summed E-state index contributed by atoms with van der Waals surface area (Å²) < 4.78 is 5.44. The first-order valence-corrected chi connectivity index (χ1v) is 11.3. The third-order valence-corrected chi connectivity index (χ3v) is 6.19. The number of carbonyl (C=O) groups is 1. The van der Waals surface area contributed by atoms with Gasteiger partial charge >= 0.3 is 0 Å². The Kier molecular flexibility index (Phi) is 7.18. The van der Waals surface area contributed by atoms with Gasteiger partial charge in [-0.25, -0.2) is 0 Å². The molecule has 0 spiro atoms. The van der Waals surface area contributed by atoms with E-state index in [2.05, 4.69) is 26.4 Å². The fourth-order valence-electron chi connectivity index (χ4n) is 4.26. The number of aromatic nitrogens is 2. The molecule has 1 unspecified atom stereocenters. The van der Waals surface area contributed by atoms with E-state index in [9.17, 15) is 4.79 Å². The summed E-state index contributed by atoms with van der Waals surface area (Å²) in [7, 11) is 0.